The van der Waals surface area contributed by atoms with Crippen molar-refractivity contribution < 1.29 is 27.3 Å². The van der Waals surface area contributed by atoms with E-state index in [0.717, 1.165) is 56.2 Å². The van der Waals surface area contributed by atoms with E-state index >= 15 is 0 Å². The van der Waals surface area contributed by atoms with Crippen molar-refractivity contribution in [1.29, 1.82) is 0 Å². The van der Waals surface area contributed by atoms with E-state index in [1.165, 1.54) is 6.07 Å². The van der Waals surface area contributed by atoms with Gasteiger partial charge in [-0.15, -0.1) is 11.8 Å². The first-order chi connectivity index (χ1) is 15.1. The van der Waals surface area contributed by atoms with Gasteiger partial charge in [-0.1, -0.05) is 5.16 Å². The molecule has 3 rings (SSSR count). The van der Waals surface area contributed by atoms with Crippen LogP contribution >= 0.6 is 11.8 Å². The fraction of sp³-hybridized carbons (Fsp3) is 0.476. The lowest BCUT2D eigenvalue weighted by Crippen LogP contribution is -2.31. The van der Waals surface area contributed by atoms with Crippen LogP contribution in [0.1, 0.15) is 37.5 Å². The van der Waals surface area contributed by atoms with Gasteiger partial charge in [0.1, 0.15) is 5.76 Å². The molecule has 1 unspecified atom stereocenters. The van der Waals surface area contributed by atoms with Crippen LogP contribution in [-0.4, -0.2) is 41.1 Å². The molecule has 0 aliphatic carbocycles. The largest absolute Gasteiger partial charge is 0.416 e. The molecule has 1 aliphatic rings. The third kappa shape index (κ3) is 6.41. The molecule has 2 N–H and O–H groups in total. The van der Waals surface area contributed by atoms with Crippen molar-refractivity contribution in [2.45, 2.75) is 44.5 Å². The number of aromatic nitrogens is 1. The third-order valence-electron chi connectivity index (χ3n) is 5.01. The first-order valence-corrected chi connectivity index (χ1v) is 11.3. The number of anilines is 3. The second-order valence-corrected chi connectivity index (χ2v) is 8.92. The van der Waals surface area contributed by atoms with Crippen molar-refractivity contribution in [3.05, 3.63) is 35.6 Å². The maximum atomic E-state index is 13.2. The number of benzene rings is 1. The lowest BCUT2D eigenvalue weighted by molar-refractivity contribution is -0.137. The molecule has 11 heteroatoms. The Morgan fingerprint density at radius 2 is 1.91 bits per heavy atom. The Balaban J connectivity index is 1.64. The minimum atomic E-state index is -4.51. The van der Waals surface area contributed by atoms with E-state index in [4.69, 9.17) is 4.52 Å². The average molecular weight is 471 g/mol. The third-order valence-corrected chi connectivity index (χ3v) is 6.15. The van der Waals surface area contributed by atoms with Gasteiger partial charge in [0, 0.05) is 19.2 Å². The molecule has 7 nitrogen and oxygen atoms in total. The number of halogens is 3. The number of hydrogen-bond donors (Lipinski definition) is 2. The number of nitrogens with zero attached hydrogens (tertiary/aromatic N) is 2. The highest BCUT2D eigenvalue weighted by molar-refractivity contribution is 8.01. The van der Waals surface area contributed by atoms with Crippen LogP contribution < -0.4 is 15.5 Å². The number of aryl methyl sites for hydroxylation is 1. The molecule has 2 heterocycles. The molecule has 174 valence electrons. The number of alkyl halides is 3. The Hall–Kier alpha value is -2.69. The van der Waals surface area contributed by atoms with E-state index in [9.17, 15) is 22.8 Å². The molecule has 1 atom stereocenters. The normalized spacial score (nSPS) is 15.3. The van der Waals surface area contributed by atoms with E-state index in [0.29, 0.717) is 11.4 Å². The Morgan fingerprint density at radius 3 is 2.53 bits per heavy atom. The number of piperidine rings is 1. The van der Waals surface area contributed by atoms with Crippen molar-refractivity contribution >= 4 is 40.8 Å². The summed E-state index contributed by atoms with van der Waals surface area (Å²) in [6.45, 7) is 4.77. The van der Waals surface area contributed by atoms with Crippen LogP contribution in [0.15, 0.2) is 28.8 Å². The van der Waals surface area contributed by atoms with Gasteiger partial charge >= 0.3 is 6.18 Å². The summed E-state index contributed by atoms with van der Waals surface area (Å²) in [4.78, 5) is 26.7. The molecule has 32 heavy (non-hydrogen) atoms. The van der Waals surface area contributed by atoms with Gasteiger partial charge in [-0.05, 0) is 51.3 Å². The summed E-state index contributed by atoms with van der Waals surface area (Å²) < 4.78 is 44.5. The summed E-state index contributed by atoms with van der Waals surface area (Å²) in [7, 11) is 0. The number of thioether (sulfide) groups is 1. The van der Waals surface area contributed by atoms with Crippen molar-refractivity contribution in [2.75, 3.05) is 34.4 Å². The first-order valence-electron chi connectivity index (χ1n) is 10.3. The monoisotopic (exact) mass is 470 g/mol. The quantitative estimate of drug-likeness (QED) is 0.611. The second kappa shape index (κ2) is 10.3. The molecule has 0 bridgehead atoms. The fourth-order valence-electron chi connectivity index (χ4n) is 3.34. The Labute approximate surface area is 188 Å². The number of amides is 2. The second-order valence-electron chi connectivity index (χ2n) is 7.59. The minimum absolute atomic E-state index is 0.0951. The number of rotatable bonds is 7. The van der Waals surface area contributed by atoms with Crippen LogP contribution in [0.5, 0.6) is 0 Å². The summed E-state index contributed by atoms with van der Waals surface area (Å²) in [6.07, 6.45) is -1.55. The van der Waals surface area contributed by atoms with Crippen LogP contribution in [0, 0.1) is 6.92 Å². The zero-order chi connectivity index (χ0) is 23.3. The number of hydrogen-bond acceptors (Lipinski definition) is 6. The van der Waals surface area contributed by atoms with Crippen LogP contribution in [0.4, 0.5) is 30.4 Å². The number of nitrogens with one attached hydrogen (secondary N) is 2. The molecule has 1 aromatic carbocycles. The topological polar surface area (TPSA) is 87.5 Å². The van der Waals surface area contributed by atoms with Crippen LogP contribution in [0.3, 0.4) is 0 Å². The highest BCUT2D eigenvalue weighted by atomic mass is 32.2. The summed E-state index contributed by atoms with van der Waals surface area (Å²) in [5.41, 5.74) is -0.123. The van der Waals surface area contributed by atoms with Crippen molar-refractivity contribution in [3.8, 4) is 0 Å². The van der Waals surface area contributed by atoms with E-state index < -0.39 is 22.9 Å². The molecule has 1 fully saturated rings. The zero-order valence-electron chi connectivity index (χ0n) is 17.8. The van der Waals surface area contributed by atoms with Gasteiger partial charge in [0.25, 0.3) is 0 Å². The van der Waals surface area contributed by atoms with Crippen LogP contribution in [0.2, 0.25) is 0 Å². The molecule has 2 aromatic rings. The van der Waals surface area contributed by atoms with Crippen molar-refractivity contribution in [3.63, 3.8) is 0 Å². The predicted molar refractivity (Wildman–Crippen MR) is 118 cm³/mol. The average Bonchev–Trinajstić information content (AvgIpc) is 3.16. The molecule has 0 spiro atoms. The molecule has 1 saturated heterocycles. The van der Waals surface area contributed by atoms with Gasteiger partial charge < -0.3 is 20.1 Å². The number of carbonyl (C=O) groups excluding carboxylic acids is 2. The van der Waals surface area contributed by atoms with Gasteiger partial charge in [-0.2, -0.15) is 13.2 Å². The highest BCUT2D eigenvalue weighted by Gasteiger charge is 2.32. The van der Waals surface area contributed by atoms with Gasteiger partial charge in [0.15, 0.2) is 5.82 Å². The molecule has 0 radical (unpaired) electrons. The van der Waals surface area contributed by atoms with E-state index in [1.807, 2.05) is 4.90 Å². The van der Waals surface area contributed by atoms with E-state index in [2.05, 4.69) is 15.8 Å². The maximum Gasteiger partial charge on any atom is 0.416 e. The molecule has 2 amide bonds. The standard InChI is InChI=1S/C21H25F3N4O3S/c1-13-10-18(27-31-13)26-20(30)14(2)32-12-19(29)25-16-11-15(21(22,23)24)6-7-17(16)28-8-4-3-5-9-28/h6-7,10-11,14H,3-5,8-9,12H2,1-2H3,(H,25,29)(H,26,27,30). The van der Waals surface area contributed by atoms with Gasteiger partial charge in [-0.25, -0.2) is 0 Å². The van der Waals surface area contributed by atoms with Gasteiger partial charge in [0.2, 0.25) is 11.8 Å². The zero-order valence-corrected chi connectivity index (χ0v) is 18.6. The SMILES string of the molecule is Cc1cc(NC(=O)C(C)SCC(=O)Nc2cc(C(F)(F)F)ccc2N2CCCCC2)no1. The Bertz CT molecular complexity index is 958. The molecular weight excluding hydrogens is 445 g/mol. The first kappa shape index (κ1) is 24.0. The smallest absolute Gasteiger partial charge is 0.370 e. The fourth-order valence-corrected chi connectivity index (χ4v) is 4.02. The molecule has 1 aliphatic heterocycles. The lowest BCUT2D eigenvalue weighted by atomic mass is 10.1. The highest BCUT2D eigenvalue weighted by Crippen LogP contribution is 2.36. The van der Waals surface area contributed by atoms with E-state index in [-0.39, 0.29) is 23.2 Å². The summed E-state index contributed by atoms with van der Waals surface area (Å²) in [6, 6.07) is 4.98. The minimum Gasteiger partial charge on any atom is -0.370 e. The molecule has 1 aromatic heterocycles. The van der Waals surface area contributed by atoms with E-state index in [1.54, 1.807) is 19.9 Å². The van der Waals surface area contributed by atoms with Gasteiger partial charge in [0.05, 0.1) is 27.9 Å². The van der Waals surface area contributed by atoms with Gasteiger partial charge in [-0.3, -0.25) is 9.59 Å². The lowest BCUT2D eigenvalue weighted by Gasteiger charge is -2.31. The van der Waals surface area contributed by atoms with Crippen molar-refractivity contribution in [2.24, 2.45) is 0 Å². The molecule has 0 saturated carbocycles. The summed E-state index contributed by atoms with van der Waals surface area (Å²) >= 11 is 1.07. The maximum absolute atomic E-state index is 13.2. The predicted octanol–water partition coefficient (Wildman–Crippen LogP) is 4.69. The summed E-state index contributed by atoms with van der Waals surface area (Å²) in [5, 5.41) is 8.29. The Kier molecular flexibility index (Phi) is 7.70. The Morgan fingerprint density at radius 1 is 1.19 bits per heavy atom. The van der Waals surface area contributed by atoms with Crippen LogP contribution in [0.25, 0.3) is 0 Å². The number of carbonyl (C=O) groups is 2. The van der Waals surface area contributed by atoms with Crippen molar-refractivity contribution in [1.82, 2.24) is 5.16 Å². The summed E-state index contributed by atoms with van der Waals surface area (Å²) in [5.74, 6) is -0.110. The van der Waals surface area contributed by atoms with Crippen LogP contribution in [-0.2, 0) is 15.8 Å². The molecular formula is C21H25F3N4O3S.